The molecule has 0 atom stereocenters. The van der Waals surface area contributed by atoms with Crippen LogP contribution in [0.4, 0.5) is 19.1 Å². The third kappa shape index (κ3) is 7.67. The molecule has 48 heavy (non-hydrogen) atoms. The van der Waals surface area contributed by atoms with Crippen LogP contribution >= 0.6 is 11.6 Å². The van der Waals surface area contributed by atoms with E-state index in [1.165, 1.54) is 0 Å². The Morgan fingerprint density at radius 1 is 0.938 bits per heavy atom. The number of Topliss-reactive ketones (excluding diaryl/α,β-unsaturated/α-hetero) is 2. The zero-order valence-electron chi connectivity index (χ0n) is 26.4. The lowest BCUT2D eigenvalue weighted by atomic mass is 9.92. The molecule has 1 aromatic heterocycles. The quantitative estimate of drug-likeness (QED) is 0.160. The summed E-state index contributed by atoms with van der Waals surface area (Å²) in [5, 5.41) is 3.83. The lowest BCUT2D eigenvalue weighted by Crippen LogP contribution is -2.33. The summed E-state index contributed by atoms with van der Waals surface area (Å²) in [7, 11) is -3.51. The second-order valence-electron chi connectivity index (χ2n) is 13.3. The Bertz CT molecular complexity index is 1810. The van der Waals surface area contributed by atoms with Gasteiger partial charge in [-0.3, -0.25) is 9.59 Å². The van der Waals surface area contributed by atoms with Crippen LogP contribution in [0.3, 0.4) is 0 Å². The normalized spacial score (nSPS) is 18.5. The summed E-state index contributed by atoms with van der Waals surface area (Å²) < 4.78 is 68.6. The third-order valence-electron chi connectivity index (χ3n) is 9.87. The number of alkyl halides is 3. The number of nitrogens with zero attached hydrogens (tertiary/aromatic N) is 3. The van der Waals surface area contributed by atoms with Crippen LogP contribution in [0, 0.1) is 5.41 Å². The summed E-state index contributed by atoms with van der Waals surface area (Å²) in [6, 6.07) is 13.5. The maximum atomic E-state index is 13.0. The summed E-state index contributed by atoms with van der Waals surface area (Å²) >= 11 is 6.03. The zero-order chi connectivity index (χ0) is 34.4. The molecule has 0 spiro atoms. The van der Waals surface area contributed by atoms with Crippen LogP contribution in [0.2, 0.25) is 5.02 Å². The summed E-state index contributed by atoms with van der Waals surface area (Å²) in [5.41, 5.74) is 0.850. The molecule has 1 heterocycles. The van der Waals surface area contributed by atoms with E-state index >= 15 is 0 Å². The van der Waals surface area contributed by atoms with Gasteiger partial charge in [0.05, 0.1) is 10.3 Å². The molecule has 2 aromatic carbocycles. The molecule has 0 amide bonds. The molecule has 3 aliphatic rings. The first-order chi connectivity index (χ1) is 22.7. The number of benzene rings is 2. The van der Waals surface area contributed by atoms with Crippen molar-refractivity contribution in [3.63, 3.8) is 0 Å². The minimum absolute atomic E-state index is 0.0785. The number of carbonyl (C=O) groups excluding carboxylic acids is 2. The van der Waals surface area contributed by atoms with Gasteiger partial charge >= 0.3 is 12.2 Å². The van der Waals surface area contributed by atoms with E-state index in [0.717, 1.165) is 18.4 Å². The first-order valence-corrected chi connectivity index (χ1v) is 18.1. The number of ether oxygens (including phenoxy) is 1. The number of anilines is 1. The average Bonchev–Trinajstić information content (AvgIpc) is 3.91. The van der Waals surface area contributed by atoms with E-state index in [-0.39, 0.29) is 36.2 Å². The average molecular weight is 705 g/mol. The van der Waals surface area contributed by atoms with Gasteiger partial charge in [-0.1, -0.05) is 54.9 Å². The van der Waals surface area contributed by atoms with Crippen molar-refractivity contribution >= 4 is 39.0 Å². The first kappa shape index (κ1) is 34.3. The van der Waals surface area contributed by atoms with E-state index in [1.54, 1.807) is 36.4 Å². The van der Waals surface area contributed by atoms with E-state index in [4.69, 9.17) is 16.3 Å². The molecular weight excluding hydrogens is 669 g/mol. The third-order valence-corrected chi connectivity index (χ3v) is 12.8. The maximum absolute atomic E-state index is 13.0. The van der Waals surface area contributed by atoms with Gasteiger partial charge in [0.2, 0.25) is 5.95 Å². The molecule has 0 saturated heterocycles. The number of carbonyl (C=O) groups is 2. The Morgan fingerprint density at radius 3 is 2.17 bits per heavy atom. The minimum atomic E-state index is -4.58. The van der Waals surface area contributed by atoms with Crippen LogP contribution in [0.1, 0.15) is 92.0 Å². The standard InChI is InChI=1S/C34H36ClF3N4O5S/c1-2-32(15-16-32)48(45,46)20-27(44)31(13-14-31)12-11-26(43)23-5-3-22(4-6-23)19-28-39-29(41-30(40-28)47-21-34(36,37)38)42-33(17-18-33)24-7-9-25(35)10-8-24/h3-10H,2,11-21H2,1H3,(H,39,40,41,42). The van der Waals surface area contributed by atoms with E-state index in [9.17, 15) is 31.2 Å². The largest absolute Gasteiger partial charge is 0.454 e. The van der Waals surface area contributed by atoms with Gasteiger partial charge in [-0.05, 0) is 74.6 Å². The fourth-order valence-electron chi connectivity index (χ4n) is 6.15. The van der Waals surface area contributed by atoms with E-state index in [2.05, 4.69) is 20.3 Å². The van der Waals surface area contributed by atoms with E-state index in [1.807, 2.05) is 19.1 Å². The molecule has 6 rings (SSSR count). The molecule has 3 saturated carbocycles. The predicted molar refractivity (Wildman–Crippen MR) is 173 cm³/mol. The Morgan fingerprint density at radius 2 is 1.60 bits per heavy atom. The van der Waals surface area contributed by atoms with Crippen molar-refractivity contribution in [2.24, 2.45) is 5.41 Å². The lowest BCUT2D eigenvalue weighted by molar-refractivity contribution is -0.154. The van der Waals surface area contributed by atoms with Gasteiger partial charge in [0, 0.05) is 28.8 Å². The summed E-state index contributed by atoms with van der Waals surface area (Å²) in [6.07, 6.45) is 0.379. The smallest absolute Gasteiger partial charge is 0.422 e. The van der Waals surface area contributed by atoms with Crippen molar-refractivity contribution < 1.29 is 35.9 Å². The van der Waals surface area contributed by atoms with Gasteiger partial charge < -0.3 is 10.1 Å². The fraction of sp³-hybridized carbons (Fsp3) is 0.500. The maximum Gasteiger partial charge on any atom is 0.422 e. The fourth-order valence-corrected chi connectivity index (χ4v) is 8.40. The van der Waals surface area contributed by atoms with Crippen LogP contribution in [0.25, 0.3) is 0 Å². The second-order valence-corrected chi connectivity index (χ2v) is 16.1. The number of nitrogens with one attached hydrogen (secondary N) is 1. The van der Waals surface area contributed by atoms with Crippen LogP contribution in [0.5, 0.6) is 6.01 Å². The van der Waals surface area contributed by atoms with Crippen LogP contribution < -0.4 is 10.1 Å². The molecular formula is C34H36ClF3N4O5S. The highest BCUT2D eigenvalue weighted by Crippen LogP contribution is 2.53. The van der Waals surface area contributed by atoms with Crippen LogP contribution in [-0.2, 0) is 26.6 Å². The van der Waals surface area contributed by atoms with Gasteiger partial charge in [-0.15, -0.1) is 0 Å². The van der Waals surface area contributed by atoms with Gasteiger partial charge in [-0.25, -0.2) is 8.42 Å². The summed E-state index contributed by atoms with van der Waals surface area (Å²) in [6.45, 7) is 0.277. The van der Waals surface area contributed by atoms with Crippen molar-refractivity contribution in [1.82, 2.24) is 15.0 Å². The molecule has 1 N–H and O–H groups in total. The molecule has 3 aliphatic carbocycles. The second kappa shape index (κ2) is 12.7. The van der Waals surface area contributed by atoms with Crippen LogP contribution in [0.15, 0.2) is 48.5 Å². The number of rotatable bonds is 16. The Hall–Kier alpha value is -3.58. The van der Waals surface area contributed by atoms with Crippen LogP contribution in [-0.4, -0.2) is 58.2 Å². The minimum Gasteiger partial charge on any atom is -0.454 e. The van der Waals surface area contributed by atoms with Crippen molar-refractivity contribution in [2.75, 3.05) is 17.7 Å². The molecule has 14 heteroatoms. The Labute approximate surface area is 282 Å². The molecule has 256 valence electrons. The van der Waals surface area contributed by atoms with Gasteiger partial charge in [0.15, 0.2) is 28.0 Å². The predicted octanol–water partition coefficient (Wildman–Crippen LogP) is 6.83. The molecule has 0 radical (unpaired) electrons. The highest BCUT2D eigenvalue weighted by molar-refractivity contribution is 7.93. The number of sulfone groups is 1. The number of halogens is 4. The molecule has 9 nitrogen and oxygen atoms in total. The number of aromatic nitrogens is 3. The van der Waals surface area contributed by atoms with Crippen molar-refractivity contribution in [1.29, 1.82) is 0 Å². The molecule has 3 aromatic rings. The summed E-state index contributed by atoms with van der Waals surface area (Å²) in [4.78, 5) is 38.7. The Kier molecular flexibility index (Phi) is 9.08. The zero-order valence-corrected chi connectivity index (χ0v) is 28.0. The van der Waals surface area contributed by atoms with E-state index < -0.39 is 50.1 Å². The molecule has 0 aliphatic heterocycles. The van der Waals surface area contributed by atoms with Crippen molar-refractivity contribution in [3.8, 4) is 6.01 Å². The number of hydrogen-bond donors (Lipinski definition) is 1. The number of hydrogen-bond acceptors (Lipinski definition) is 9. The topological polar surface area (TPSA) is 128 Å². The first-order valence-electron chi connectivity index (χ1n) is 16.0. The van der Waals surface area contributed by atoms with Crippen molar-refractivity contribution in [2.45, 2.75) is 87.6 Å². The molecule has 0 bridgehead atoms. The SMILES string of the molecule is CCC1(S(=O)(=O)CC(=O)C2(CCC(=O)c3ccc(Cc4nc(NC5(c6ccc(Cl)cc6)CC5)nc(OCC(F)(F)F)n4)cc3)CC2)CC1. The molecule has 3 fully saturated rings. The summed E-state index contributed by atoms with van der Waals surface area (Å²) in [5.74, 6) is -0.646. The highest BCUT2D eigenvalue weighted by Gasteiger charge is 2.56. The van der Waals surface area contributed by atoms with Gasteiger partial charge in [-0.2, -0.15) is 28.1 Å². The highest BCUT2D eigenvalue weighted by atomic mass is 35.5. The number of ketones is 2. The van der Waals surface area contributed by atoms with E-state index in [0.29, 0.717) is 54.7 Å². The lowest BCUT2D eigenvalue weighted by Gasteiger charge is -2.19. The molecule has 0 unspecified atom stereocenters. The Balaban J connectivity index is 1.10. The van der Waals surface area contributed by atoms with Gasteiger partial charge in [0.25, 0.3) is 0 Å². The van der Waals surface area contributed by atoms with Gasteiger partial charge in [0.1, 0.15) is 11.6 Å². The van der Waals surface area contributed by atoms with Crippen molar-refractivity contribution in [3.05, 3.63) is 76.1 Å². The monoisotopic (exact) mass is 704 g/mol.